The van der Waals surface area contributed by atoms with Gasteiger partial charge in [-0.2, -0.15) is 5.10 Å². The smallest absolute Gasteiger partial charge is 0.248 e. The lowest BCUT2D eigenvalue weighted by atomic mass is 10.1. The fraction of sp³-hybridized carbons (Fsp3) is 0.160. The number of halogens is 1. The number of anilines is 1. The Morgan fingerprint density at radius 3 is 2.64 bits per heavy atom. The van der Waals surface area contributed by atoms with Gasteiger partial charge >= 0.3 is 0 Å². The summed E-state index contributed by atoms with van der Waals surface area (Å²) >= 11 is 1.63. The van der Waals surface area contributed by atoms with Crippen molar-refractivity contribution in [2.24, 2.45) is 7.05 Å². The summed E-state index contributed by atoms with van der Waals surface area (Å²) in [6.45, 7) is 2.49. The number of amides is 1. The Bertz CT molecular complexity index is 1260. The first kappa shape index (κ1) is 22.4. The molecule has 4 rings (SSSR count). The van der Waals surface area contributed by atoms with Crippen LogP contribution in [0.2, 0.25) is 0 Å². The van der Waals surface area contributed by atoms with Crippen molar-refractivity contribution >= 4 is 29.0 Å². The average Bonchev–Trinajstić information content (AvgIpc) is 3.44. The second-order valence-corrected chi connectivity index (χ2v) is 8.24. The van der Waals surface area contributed by atoms with Crippen molar-refractivity contribution in [1.82, 2.24) is 14.8 Å². The van der Waals surface area contributed by atoms with Crippen LogP contribution in [-0.4, -0.2) is 20.7 Å². The lowest BCUT2D eigenvalue weighted by molar-refractivity contribution is -0.111. The molecule has 168 valence electrons. The Labute approximate surface area is 195 Å². The van der Waals surface area contributed by atoms with E-state index < -0.39 is 0 Å². The molecule has 0 aliphatic carbocycles. The number of nitrogens with zero attached hydrogens (tertiary/aromatic N) is 3. The van der Waals surface area contributed by atoms with Crippen LogP contribution in [-0.2, 0) is 24.9 Å². The van der Waals surface area contributed by atoms with Crippen molar-refractivity contribution < 1.29 is 13.9 Å². The summed E-state index contributed by atoms with van der Waals surface area (Å²) in [7, 11) is 1.80. The topological polar surface area (TPSA) is 69.0 Å². The number of rotatable bonds is 8. The summed E-state index contributed by atoms with van der Waals surface area (Å²) < 4.78 is 20.7. The molecule has 4 aromatic rings. The largest absolute Gasteiger partial charge is 0.487 e. The number of nitrogens with one attached hydrogen (secondary N) is 1. The van der Waals surface area contributed by atoms with E-state index in [0.717, 1.165) is 33.9 Å². The van der Waals surface area contributed by atoms with Crippen molar-refractivity contribution in [3.05, 3.63) is 88.3 Å². The van der Waals surface area contributed by atoms with Gasteiger partial charge in [-0.1, -0.05) is 6.92 Å². The molecule has 8 heteroatoms. The quantitative estimate of drug-likeness (QED) is 0.352. The number of hydrogen-bond donors (Lipinski definition) is 1. The molecule has 1 amide bonds. The normalized spacial score (nSPS) is 11.1. The molecule has 2 aromatic heterocycles. The van der Waals surface area contributed by atoms with E-state index in [1.807, 2.05) is 5.38 Å². The van der Waals surface area contributed by atoms with E-state index in [2.05, 4.69) is 22.3 Å². The zero-order valence-electron chi connectivity index (χ0n) is 18.3. The number of aryl methyl sites for hydroxylation is 2. The van der Waals surface area contributed by atoms with E-state index in [1.165, 1.54) is 18.2 Å². The minimum Gasteiger partial charge on any atom is -0.487 e. The fourth-order valence-electron chi connectivity index (χ4n) is 3.26. The number of carbonyl (C=O) groups is 1. The average molecular weight is 463 g/mol. The van der Waals surface area contributed by atoms with E-state index in [9.17, 15) is 9.18 Å². The van der Waals surface area contributed by atoms with Gasteiger partial charge in [-0.05, 0) is 61.0 Å². The van der Waals surface area contributed by atoms with Crippen LogP contribution < -0.4 is 10.1 Å². The summed E-state index contributed by atoms with van der Waals surface area (Å²) in [6.07, 6.45) is 5.72. The zero-order valence-corrected chi connectivity index (χ0v) is 19.1. The van der Waals surface area contributed by atoms with Crippen molar-refractivity contribution in [1.29, 1.82) is 0 Å². The van der Waals surface area contributed by atoms with Crippen molar-refractivity contribution in [3.63, 3.8) is 0 Å². The highest BCUT2D eigenvalue weighted by Gasteiger charge is 2.10. The SMILES string of the molecule is CCc1nc(COc2ccc(NC(=O)C=Cc3cnn(C)c3-c3ccc(F)cc3)cc2)cs1. The van der Waals surface area contributed by atoms with E-state index in [1.54, 1.807) is 71.7 Å². The fourth-order valence-corrected chi connectivity index (χ4v) is 3.99. The van der Waals surface area contributed by atoms with Crippen LogP contribution in [0, 0.1) is 5.82 Å². The number of aromatic nitrogens is 3. The number of benzene rings is 2. The highest BCUT2D eigenvalue weighted by atomic mass is 32.1. The lowest BCUT2D eigenvalue weighted by Gasteiger charge is -2.07. The molecule has 1 N–H and O–H groups in total. The summed E-state index contributed by atoms with van der Waals surface area (Å²) in [5.41, 5.74) is 3.94. The maximum absolute atomic E-state index is 13.3. The van der Waals surface area contributed by atoms with Crippen molar-refractivity contribution in [3.8, 4) is 17.0 Å². The molecule has 0 unspecified atom stereocenters. The number of carbonyl (C=O) groups excluding carboxylic acids is 1. The lowest BCUT2D eigenvalue weighted by Crippen LogP contribution is -2.07. The molecule has 0 spiro atoms. The molecule has 2 aromatic carbocycles. The van der Waals surface area contributed by atoms with Gasteiger partial charge in [0.15, 0.2) is 0 Å². The zero-order chi connectivity index (χ0) is 23.2. The summed E-state index contributed by atoms with van der Waals surface area (Å²) in [4.78, 5) is 16.9. The highest BCUT2D eigenvalue weighted by molar-refractivity contribution is 7.09. The third-order valence-electron chi connectivity index (χ3n) is 4.91. The third kappa shape index (κ3) is 5.72. The van der Waals surface area contributed by atoms with Crippen LogP contribution in [0.3, 0.4) is 0 Å². The van der Waals surface area contributed by atoms with Gasteiger partial charge in [-0.15, -0.1) is 11.3 Å². The molecule has 0 fully saturated rings. The van der Waals surface area contributed by atoms with Crippen LogP contribution in [0.4, 0.5) is 10.1 Å². The first-order chi connectivity index (χ1) is 16.0. The van der Waals surface area contributed by atoms with E-state index >= 15 is 0 Å². The molecular formula is C25H23FN4O2S. The summed E-state index contributed by atoms with van der Waals surface area (Å²) in [5, 5.41) is 10.2. The molecule has 33 heavy (non-hydrogen) atoms. The Balaban J connectivity index is 1.36. The minimum atomic E-state index is -0.303. The van der Waals surface area contributed by atoms with Gasteiger partial charge in [0.25, 0.3) is 0 Å². The van der Waals surface area contributed by atoms with Gasteiger partial charge < -0.3 is 10.1 Å². The second-order valence-electron chi connectivity index (χ2n) is 7.30. The molecule has 0 saturated carbocycles. The second kappa shape index (κ2) is 10.2. The van der Waals surface area contributed by atoms with Gasteiger partial charge in [0, 0.05) is 35.3 Å². The summed E-state index contributed by atoms with van der Waals surface area (Å²) in [6, 6.07) is 13.3. The predicted octanol–water partition coefficient (Wildman–Crippen LogP) is 5.48. The molecule has 0 radical (unpaired) electrons. The van der Waals surface area contributed by atoms with Crippen LogP contribution in [0.1, 0.15) is 23.2 Å². The minimum absolute atomic E-state index is 0.271. The molecule has 0 atom stereocenters. The van der Waals surface area contributed by atoms with Crippen LogP contribution in [0.15, 0.2) is 66.2 Å². The Kier molecular flexibility index (Phi) is 6.95. The first-order valence-electron chi connectivity index (χ1n) is 10.4. The van der Waals surface area contributed by atoms with Crippen molar-refractivity contribution in [2.75, 3.05) is 5.32 Å². The van der Waals surface area contributed by atoms with E-state index in [-0.39, 0.29) is 11.7 Å². The van der Waals surface area contributed by atoms with Gasteiger partial charge in [0.1, 0.15) is 18.2 Å². The Morgan fingerprint density at radius 1 is 1.18 bits per heavy atom. The van der Waals surface area contributed by atoms with Gasteiger partial charge in [0.2, 0.25) is 5.91 Å². The maximum Gasteiger partial charge on any atom is 0.248 e. The van der Waals surface area contributed by atoms with Crippen LogP contribution in [0.25, 0.3) is 17.3 Å². The van der Waals surface area contributed by atoms with Gasteiger partial charge in [0.05, 0.1) is 22.6 Å². The molecule has 2 heterocycles. The van der Waals surface area contributed by atoms with Gasteiger partial charge in [-0.25, -0.2) is 9.37 Å². The molecule has 6 nitrogen and oxygen atoms in total. The molecule has 0 bridgehead atoms. The molecule has 0 saturated heterocycles. The molecule has 0 aliphatic rings. The van der Waals surface area contributed by atoms with E-state index in [4.69, 9.17) is 4.74 Å². The number of hydrogen-bond acceptors (Lipinski definition) is 5. The highest BCUT2D eigenvalue weighted by Crippen LogP contribution is 2.24. The molecular weight excluding hydrogens is 439 g/mol. The predicted molar refractivity (Wildman–Crippen MR) is 129 cm³/mol. The van der Waals surface area contributed by atoms with E-state index in [0.29, 0.717) is 18.0 Å². The van der Waals surface area contributed by atoms with Crippen molar-refractivity contribution in [2.45, 2.75) is 20.0 Å². The summed E-state index contributed by atoms with van der Waals surface area (Å²) in [5.74, 6) is 0.128. The number of ether oxygens (including phenoxy) is 1. The monoisotopic (exact) mass is 462 g/mol. The Hall–Kier alpha value is -3.78. The first-order valence-corrected chi connectivity index (χ1v) is 11.3. The van der Waals surface area contributed by atoms with Crippen LogP contribution >= 0.6 is 11.3 Å². The standard InChI is InChI=1S/C25H23FN4O2S/c1-3-24-29-21(16-33-24)15-32-22-11-9-20(10-12-22)28-23(31)13-6-18-14-27-30(2)25(18)17-4-7-19(26)8-5-17/h4-14,16H,3,15H2,1-2H3,(H,28,31). The number of thiazole rings is 1. The third-order valence-corrected chi connectivity index (χ3v) is 5.95. The Morgan fingerprint density at radius 2 is 1.94 bits per heavy atom. The molecule has 0 aliphatic heterocycles. The maximum atomic E-state index is 13.3. The van der Waals surface area contributed by atoms with Gasteiger partial charge in [-0.3, -0.25) is 9.48 Å². The van der Waals surface area contributed by atoms with Crippen LogP contribution in [0.5, 0.6) is 5.75 Å².